The first-order chi connectivity index (χ1) is 8.31. The van der Waals surface area contributed by atoms with Gasteiger partial charge in [-0.15, -0.1) is 0 Å². The Kier molecular flexibility index (Phi) is 2.54. The standard InChI is InChI=1S/C14H17NO2/c1-2-5-13-12-7-4-3-6-10(12)8-11-9-17-14(16)15(11)13/h3-4,6-7,11,13H,2,5,8-9H2,1H3. The van der Waals surface area contributed by atoms with E-state index < -0.39 is 0 Å². The summed E-state index contributed by atoms with van der Waals surface area (Å²) in [4.78, 5) is 13.8. The van der Waals surface area contributed by atoms with Gasteiger partial charge in [-0.3, -0.25) is 4.90 Å². The highest BCUT2D eigenvalue weighted by Crippen LogP contribution is 2.38. The van der Waals surface area contributed by atoms with Crippen molar-refractivity contribution in [1.29, 1.82) is 0 Å². The molecule has 0 saturated carbocycles. The first kappa shape index (κ1) is 10.6. The SMILES string of the molecule is CCCC1c2ccccc2CC2COC(=O)N21. The van der Waals surface area contributed by atoms with E-state index in [1.54, 1.807) is 0 Å². The van der Waals surface area contributed by atoms with Crippen LogP contribution in [0.1, 0.15) is 36.9 Å². The molecule has 3 nitrogen and oxygen atoms in total. The topological polar surface area (TPSA) is 29.5 Å². The van der Waals surface area contributed by atoms with Gasteiger partial charge in [-0.05, 0) is 24.0 Å². The molecular formula is C14H17NO2. The summed E-state index contributed by atoms with van der Waals surface area (Å²) < 4.78 is 5.19. The maximum atomic E-state index is 11.8. The Morgan fingerprint density at radius 2 is 2.24 bits per heavy atom. The summed E-state index contributed by atoms with van der Waals surface area (Å²) in [6.45, 7) is 2.71. The third-order valence-corrected chi connectivity index (χ3v) is 3.77. The molecule has 0 aliphatic carbocycles. The van der Waals surface area contributed by atoms with Gasteiger partial charge in [0.15, 0.2) is 0 Å². The number of carbonyl (C=O) groups excluding carboxylic acids is 1. The smallest absolute Gasteiger partial charge is 0.410 e. The number of rotatable bonds is 2. The Morgan fingerprint density at radius 1 is 1.41 bits per heavy atom. The maximum Gasteiger partial charge on any atom is 0.410 e. The Morgan fingerprint density at radius 3 is 3.06 bits per heavy atom. The number of fused-ring (bicyclic) bond motifs is 2. The van der Waals surface area contributed by atoms with E-state index in [2.05, 4.69) is 31.2 Å². The van der Waals surface area contributed by atoms with Crippen molar-refractivity contribution in [1.82, 2.24) is 4.90 Å². The lowest BCUT2D eigenvalue weighted by Crippen LogP contribution is -2.42. The normalized spacial score (nSPS) is 26.4. The first-order valence-corrected chi connectivity index (χ1v) is 6.34. The summed E-state index contributed by atoms with van der Waals surface area (Å²) in [6.07, 6.45) is 2.89. The average molecular weight is 231 g/mol. The van der Waals surface area contributed by atoms with Gasteiger partial charge in [0.05, 0.1) is 12.1 Å². The Hall–Kier alpha value is -1.51. The van der Waals surface area contributed by atoms with Crippen molar-refractivity contribution in [2.45, 2.75) is 38.3 Å². The molecule has 1 aromatic rings. The minimum atomic E-state index is -0.136. The lowest BCUT2D eigenvalue weighted by Gasteiger charge is -2.37. The van der Waals surface area contributed by atoms with Gasteiger partial charge in [0.1, 0.15) is 6.61 Å². The van der Waals surface area contributed by atoms with Gasteiger partial charge in [0, 0.05) is 0 Å². The van der Waals surface area contributed by atoms with Gasteiger partial charge in [-0.25, -0.2) is 4.79 Å². The number of nitrogens with zero attached hydrogens (tertiary/aromatic N) is 1. The second kappa shape index (κ2) is 4.06. The minimum Gasteiger partial charge on any atom is -0.447 e. The van der Waals surface area contributed by atoms with Crippen LogP contribution < -0.4 is 0 Å². The van der Waals surface area contributed by atoms with Gasteiger partial charge in [-0.2, -0.15) is 0 Å². The minimum absolute atomic E-state index is 0.136. The Labute approximate surface area is 101 Å². The first-order valence-electron chi connectivity index (χ1n) is 6.34. The van der Waals surface area contributed by atoms with Crippen LogP contribution in [0.3, 0.4) is 0 Å². The molecule has 2 aliphatic rings. The van der Waals surface area contributed by atoms with Crippen LogP contribution in [0.25, 0.3) is 0 Å². The van der Waals surface area contributed by atoms with Crippen molar-refractivity contribution >= 4 is 6.09 Å². The van der Waals surface area contributed by atoms with Gasteiger partial charge in [0.2, 0.25) is 0 Å². The largest absolute Gasteiger partial charge is 0.447 e. The predicted molar refractivity (Wildman–Crippen MR) is 64.8 cm³/mol. The molecule has 0 spiro atoms. The van der Waals surface area contributed by atoms with Crippen LogP contribution >= 0.6 is 0 Å². The Balaban J connectivity index is 2.03. The molecule has 1 amide bonds. The average Bonchev–Trinajstić information content (AvgIpc) is 2.71. The van der Waals surface area contributed by atoms with E-state index in [0.29, 0.717) is 6.61 Å². The molecule has 1 aromatic carbocycles. The highest BCUT2D eigenvalue weighted by atomic mass is 16.6. The molecule has 2 heterocycles. The third-order valence-electron chi connectivity index (χ3n) is 3.77. The molecule has 3 heteroatoms. The summed E-state index contributed by atoms with van der Waals surface area (Å²) in [5, 5.41) is 0. The second-order valence-electron chi connectivity index (χ2n) is 4.85. The number of ether oxygens (including phenoxy) is 1. The van der Waals surface area contributed by atoms with Crippen LogP contribution in [0.2, 0.25) is 0 Å². The zero-order valence-electron chi connectivity index (χ0n) is 10.1. The number of carbonyl (C=O) groups is 1. The second-order valence-corrected chi connectivity index (χ2v) is 4.85. The highest BCUT2D eigenvalue weighted by molar-refractivity contribution is 5.71. The molecule has 17 heavy (non-hydrogen) atoms. The molecule has 0 aromatic heterocycles. The van der Waals surface area contributed by atoms with E-state index in [4.69, 9.17) is 4.74 Å². The van der Waals surface area contributed by atoms with Crippen LogP contribution in [-0.4, -0.2) is 23.6 Å². The molecule has 2 aliphatic heterocycles. The van der Waals surface area contributed by atoms with Crippen molar-refractivity contribution in [3.63, 3.8) is 0 Å². The van der Waals surface area contributed by atoms with Crippen molar-refractivity contribution in [2.75, 3.05) is 6.61 Å². The molecule has 2 atom stereocenters. The summed E-state index contributed by atoms with van der Waals surface area (Å²) >= 11 is 0. The van der Waals surface area contributed by atoms with Crippen molar-refractivity contribution in [2.24, 2.45) is 0 Å². The van der Waals surface area contributed by atoms with E-state index in [0.717, 1.165) is 19.3 Å². The van der Waals surface area contributed by atoms with Gasteiger partial charge in [0.25, 0.3) is 0 Å². The molecule has 90 valence electrons. The fourth-order valence-electron chi connectivity index (χ4n) is 3.03. The molecule has 1 fully saturated rings. The van der Waals surface area contributed by atoms with Gasteiger partial charge < -0.3 is 4.74 Å². The van der Waals surface area contributed by atoms with E-state index in [9.17, 15) is 4.79 Å². The van der Waals surface area contributed by atoms with E-state index in [1.165, 1.54) is 11.1 Å². The molecule has 2 unspecified atom stereocenters. The molecule has 1 saturated heterocycles. The van der Waals surface area contributed by atoms with E-state index >= 15 is 0 Å². The van der Waals surface area contributed by atoms with Gasteiger partial charge >= 0.3 is 6.09 Å². The highest BCUT2D eigenvalue weighted by Gasteiger charge is 2.42. The lowest BCUT2D eigenvalue weighted by molar-refractivity contribution is 0.137. The van der Waals surface area contributed by atoms with Crippen LogP contribution in [0.5, 0.6) is 0 Å². The summed E-state index contributed by atoms with van der Waals surface area (Å²) in [6, 6.07) is 8.92. The lowest BCUT2D eigenvalue weighted by atomic mass is 9.87. The molecule has 3 rings (SSSR count). The maximum absolute atomic E-state index is 11.8. The number of cyclic esters (lactones) is 1. The van der Waals surface area contributed by atoms with Gasteiger partial charge in [-0.1, -0.05) is 37.6 Å². The molecule has 0 N–H and O–H groups in total. The fraction of sp³-hybridized carbons (Fsp3) is 0.500. The fourth-order valence-corrected chi connectivity index (χ4v) is 3.03. The number of hydrogen-bond donors (Lipinski definition) is 0. The summed E-state index contributed by atoms with van der Waals surface area (Å²) in [5.41, 5.74) is 2.69. The van der Waals surface area contributed by atoms with Crippen LogP contribution in [0.15, 0.2) is 24.3 Å². The number of hydrogen-bond acceptors (Lipinski definition) is 2. The number of benzene rings is 1. The van der Waals surface area contributed by atoms with Crippen molar-refractivity contribution in [3.05, 3.63) is 35.4 Å². The van der Waals surface area contributed by atoms with Crippen LogP contribution in [-0.2, 0) is 11.2 Å². The van der Waals surface area contributed by atoms with Crippen LogP contribution in [0.4, 0.5) is 4.79 Å². The van der Waals surface area contributed by atoms with Crippen molar-refractivity contribution < 1.29 is 9.53 Å². The quantitative estimate of drug-likeness (QED) is 0.783. The van der Waals surface area contributed by atoms with Crippen LogP contribution in [0, 0.1) is 0 Å². The molecular weight excluding hydrogens is 214 g/mol. The molecule has 0 bridgehead atoms. The van der Waals surface area contributed by atoms with E-state index in [1.807, 2.05) is 4.90 Å². The monoisotopic (exact) mass is 231 g/mol. The zero-order chi connectivity index (χ0) is 11.8. The van der Waals surface area contributed by atoms with Crippen molar-refractivity contribution in [3.8, 4) is 0 Å². The number of amides is 1. The van der Waals surface area contributed by atoms with E-state index in [-0.39, 0.29) is 18.2 Å². The zero-order valence-corrected chi connectivity index (χ0v) is 10.1. The Bertz CT molecular complexity index is 444. The predicted octanol–water partition coefficient (Wildman–Crippen LogP) is 2.90. The summed E-state index contributed by atoms with van der Waals surface area (Å²) in [7, 11) is 0. The summed E-state index contributed by atoms with van der Waals surface area (Å²) in [5.74, 6) is 0. The third kappa shape index (κ3) is 1.61. The molecule has 0 radical (unpaired) electrons.